The molecule has 0 aromatic heterocycles. The normalized spacial score (nSPS) is 27.2. The molecular weight excluding hydrogens is 186 g/mol. The third kappa shape index (κ3) is 1.92. The van der Waals surface area contributed by atoms with E-state index in [1.54, 1.807) is 0 Å². The van der Waals surface area contributed by atoms with Crippen LogP contribution in [0, 0.1) is 13.8 Å². The summed E-state index contributed by atoms with van der Waals surface area (Å²) >= 11 is 0. The van der Waals surface area contributed by atoms with Crippen LogP contribution in [0.2, 0.25) is 0 Å². The number of likely N-dealkylation sites (N-methyl/N-ethyl adjacent to an activating group) is 1. The van der Waals surface area contributed by atoms with Crippen molar-refractivity contribution in [1.82, 2.24) is 4.90 Å². The van der Waals surface area contributed by atoms with Crippen molar-refractivity contribution in [3.63, 3.8) is 0 Å². The van der Waals surface area contributed by atoms with E-state index in [1.165, 1.54) is 11.1 Å². The monoisotopic (exact) mass is 205 g/mol. The zero-order valence-electron chi connectivity index (χ0n) is 9.75. The second-order valence-electron chi connectivity index (χ2n) is 4.84. The van der Waals surface area contributed by atoms with Crippen LogP contribution >= 0.6 is 0 Å². The van der Waals surface area contributed by atoms with Gasteiger partial charge in [0, 0.05) is 13.1 Å². The zero-order valence-corrected chi connectivity index (χ0v) is 9.75. The molecule has 1 aliphatic heterocycles. The summed E-state index contributed by atoms with van der Waals surface area (Å²) in [5, 5.41) is 10.6. The Bertz CT molecular complexity index is 375. The predicted molar refractivity (Wildman–Crippen MR) is 61.9 cm³/mol. The van der Waals surface area contributed by atoms with E-state index in [1.807, 2.05) is 0 Å². The van der Waals surface area contributed by atoms with Crippen molar-refractivity contribution < 1.29 is 5.11 Å². The second kappa shape index (κ2) is 3.62. The van der Waals surface area contributed by atoms with E-state index in [-0.39, 0.29) is 0 Å². The van der Waals surface area contributed by atoms with Gasteiger partial charge in [0.2, 0.25) is 0 Å². The standard InChI is InChI=1S/C13H19NO/c1-10-4-5-12(11(2)8-10)13(15)6-7-14(3)9-13/h4-5,8,15H,6-7,9H2,1-3H3. The number of aliphatic hydroxyl groups is 1. The van der Waals surface area contributed by atoms with E-state index < -0.39 is 5.60 Å². The molecule has 1 fully saturated rings. The van der Waals surface area contributed by atoms with Crippen molar-refractivity contribution >= 4 is 0 Å². The molecule has 82 valence electrons. The Morgan fingerprint density at radius 2 is 2.07 bits per heavy atom. The van der Waals surface area contributed by atoms with Crippen LogP contribution in [-0.4, -0.2) is 30.1 Å². The molecule has 0 amide bonds. The number of hydrogen-bond donors (Lipinski definition) is 1. The van der Waals surface area contributed by atoms with Gasteiger partial charge in [-0.15, -0.1) is 0 Å². The largest absolute Gasteiger partial charge is 0.384 e. The summed E-state index contributed by atoms with van der Waals surface area (Å²) in [6.07, 6.45) is 0.841. The molecule has 1 aromatic rings. The van der Waals surface area contributed by atoms with Crippen LogP contribution < -0.4 is 0 Å². The van der Waals surface area contributed by atoms with Gasteiger partial charge in [0.15, 0.2) is 0 Å². The first-order chi connectivity index (χ1) is 7.01. The number of aryl methyl sites for hydroxylation is 2. The van der Waals surface area contributed by atoms with Crippen LogP contribution in [-0.2, 0) is 5.60 Å². The Morgan fingerprint density at radius 1 is 1.33 bits per heavy atom. The van der Waals surface area contributed by atoms with E-state index >= 15 is 0 Å². The van der Waals surface area contributed by atoms with Gasteiger partial charge >= 0.3 is 0 Å². The van der Waals surface area contributed by atoms with Gasteiger partial charge in [-0.3, -0.25) is 0 Å². The maximum Gasteiger partial charge on any atom is 0.104 e. The van der Waals surface area contributed by atoms with Crippen LogP contribution in [0.5, 0.6) is 0 Å². The fourth-order valence-corrected chi connectivity index (χ4v) is 2.54. The van der Waals surface area contributed by atoms with Crippen LogP contribution in [0.25, 0.3) is 0 Å². The van der Waals surface area contributed by atoms with Crippen molar-refractivity contribution in [3.05, 3.63) is 34.9 Å². The Balaban J connectivity index is 2.37. The molecule has 1 unspecified atom stereocenters. The Kier molecular flexibility index (Phi) is 2.57. The van der Waals surface area contributed by atoms with Gasteiger partial charge in [-0.1, -0.05) is 23.8 Å². The topological polar surface area (TPSA) is 23.5 Å². The van der Waals surface area contributed by atoms with Crippen molar-refractivity contribution in [1.29, 1.82) is 0 Å². The highest BCUT2D eigenvalue weighted by Crippen LogP contribution is 2.33. The van der Waals surface area contributed by atoms with Crippen molar-refractivity contribution in [2.24, 2.45) is 0 Å². The molecule has 2 heteroatoms. The molecule has 0 aliphatic carbocycles. The maximum atomic E-state index is 10.6. The van der Waals surface area contributed by atoms with E-state index in [0.29, 0.717) is 0 Å². The number of hydrogen-bond acceptors (Lipinski definition) is 2. The summed E-state index contributed by atoms with van der Waals surface area (Å²) in [6.45, 7) is 5.89. The fourth-order valence-electron chi connectivity index (χ4n) is 2.54. The molecule has 2 nitrogen and oxygen atoms in total. The summed E-state index contributed by atoms with van der Waals surface area (Å²) in [7, 11) is 2.06. The number of rotatable bonds is 1. The predicted octanol–water partition coefficient (Wildman–Crippen LogP) is 1.83. The first-order valence-electron chi connectivity index (χ1n) is 5.50. The van der Waals surface area contributed by atoms with Crippen molar-refractivity contribution in [2.45, 2.75) is 25.9 Å². The van der Waals surface area contributed by atoms with Crippen LogP contribution in [0.4, 0.5) is 0 Å². The molecule has 0 bridgehead atoms. The van der Waals surface area contributed by atoms with E-state index in [0.717, 1.165) is 25.1 Å². The van der Waals surface area contributed by atoms with Crippen molar-refractivity contribution in [3.8, 4) is 0 Å². The minimum Gasteiger partial charge on any atom is -0.384 e. The quantitative estimate of drug-likeness (QED) is 0.756. The third-order valence-electron chi connectivity index (χ3n) is 3.32. The third-order valence-corrected chi connectivity index (χ3v) is 3.32. The Morgan fingerprint density at radius 3 is 2.60 bits per heavy atom. The SMILES string of the molecule is Cc1ccc(C2(O)CCN(C)C2)c(C)c1. The Labute approximate surface area is 91.5 Å². The summed E-state index contributed by atoms with van der Waals surface area (Å²) in [6, 6.07) is 6.30. The molecule has 2 rings (SSSR count). The molecule has 1 aromatic carbocycles. The first-order valence-corrected chi connectivity index (χ1v) is 5.50. The lowest BCUT2D eigenvalue weighted by atomic mass is 9.89. The van der Waals surface area contributed by atoms with Gasteiger partial charge < -0.3 is 10.0 Å². The second-order valence-corrected chi connectivity index (χ2v) is 4.84. The number of benzene rings is 1. The summed E-state index contributed by atoms with van der Waals surface area (Å²) in [5.41, 5.74) is 2.92. The Hall–Kier alpha value is -0.860. The minimum absolute atomic E-state index is 0.632. The molecule has 15 heavy (non-hydrogen) atoms. The van der Waals surface area contributed by atoms with Crippen LogP contribution in [0.3, 0.4) is 0 Å². The average molecular weight is 205 g/mol. The van der Waals surface area contributed by atoms with Gasteiger partial charge in [0.25, 0.3) is 0 Å². The number of nitrogens with zero attached hydrogens (tertiary/aromatic N) is 1. The maximum absolute atomic E-state index is 10.6. The van der Waals surface area contributed by atoms with Crippen LogP contribution in [0.1, 0.15) is 23.1 Å². The smallest absolute Gasteiger partial charge is 0.104 e. The lowest BCUT2D eigenvalue weighted by Gasteiger charge is -2.25. The van der Waals surface area contributed by atoms with Gasteiger partial charge in [0.1, 0.15) is 5.60 Å². The summed E-state index contributed by atoms with van der Waals surface area (Å²) in [4.78, 5) is 2.18. The molecule has 0 spiro atoms. The summed E-state index contributed by atoms with van der Waals surface area (Å²) in [5.74, 6) is 0. The summed E-state index contributed by atoms with van der Waals surface area (Å²) < 4.78 is 0. The van der Waals surface area contributed by atoms with E-state index in [4.69, 9.17) is 0 Å². The number of β-amino-alcohol motifs (C(OH)–C–C–N with tert-alkyl or cyclic N) is 1. The highest BCUT2D eigenvalue weighted by Gasteiger charge is 2.36. The molecule has 0 radical (unpaired) electrons. The van der Waals surface area contributed by atoms with E-state index in [9.17, 15) is 5.11 Å². The first kappa shape index (κ1) is 10.7. The van der Waals surface area contributed by atoms with Crippen molar-refractivity contribution in [2.75, 3.05) is 20.1 Å². The fraction of sp³-hybridized carbons (Fsp3) is 0.538. The van der Waals surface area contributed by atoms with Crippen LogP contribution in [0.15, 0.2) is 18.2 Å². The van der Waals surface area contributed by atoms with Gasteiger partial charge in [-0.25, -0.2) is 0 Å². The van der Waals surface area contributed by atoms with Gasteiger partial charge in [-0.05, 0) is 38.4 Å². The molecular formula is C13H19NO. The molecule has 1 heterocycles. The minimum atomic E-state index is -0.632. The highest BCUT2D eigenvalue weighted by atomic mass is 16.3. The lowest BCUT2D eigenvalue weighted by Crippen LogP contribution is -2.30. The molecule has 1 saturated heterocycles. The molecule has 1 N–H and O–H groups in total. The van der Waals surface area contributed by atoms with Gasteiger partial charge in [0.05, 0.1) is 0 Å². The van der Waals surface area contributed by atoms with E-state index in [2.05, 4.69) is 44.0 Å². The lowest BCUT2D eigenvalue weighted by molar-refractivity contribution is 0.0483. The molecule has 0 saturated carbocycles. The average Bonchev–Trinajstić information content (AvgIpc) is 2.46. The zero-order chi connectivity index (χ0) is 11.1. The molecule has 1 atom stereocenters. The molecule has 1 aliphatic rings. The van der Waals surface area contributed by atoms with Gasteiger partial charge in [-0.2, -0.15) is 0 Å². The number of likely N-dealkylation sites (tertiary alicyclic amines) is 1. The highest BCUT2D eigenvalue weighted by molar-refractivity contribution is 5.35.